The second-order valence-corrected chi connectivity index (χ2v) is 3.79. The molecule has 16 heavy (non-hydrogen) atoms. The van der Waals surface area contributed by atoms with Crippen molar-refractivity contribution in [2.45, 2.75) is 12.8 Å². The highest BCUT2D eigenvalue weighted by Gasteiger charge is 2.25. The molecule has 1 rings (SSSR count). The number of aliphatic carboxylic acids is 1. The smallest absolute Gasteiger partial charge is 0.328 e. The lowest BCUT2D eigenvalue weighted by molar-refractivity contribution is -0.131. The fourth-order valence-corrected chi connectivity index (χ4v) is 1.16. The fourth-order valence-electron chi connectivity index (χ4n) is 1.16. The summed E-state index contributed by atoms with van der Waals surface area (Å²) in [6, 6.07) is -0.507. The summed E-state index contributed by atoms with van der Waals surface area (Å²) >= 11 is 0. The summed E-state index contributed by atoms with van der Waals surface area (Å²) in [5, 5.41) is 10.3. The summed E-state index contributed by atoms with van der Waals surface area (Å²) in [5.41, 5.74) is 0. The molecular weight excluding hydrogens is 212 g/mol. The van der Waals surface area contributed by atoms with Crippen LogP contribution in [-0.4, -0.2) is 41.5 Å². The van der Waals surface area contributed by atoms with E-state index in [1.807, 2.05) is 0 Å². The van der Waals surface area contributed by atoms with Crippen LogP contribution in [0.15, 0.2) is 12.2 Å². The van der Waals surface area contributed by atoms with E-state index in [0.29, 0.717) is 18.5 Å². The van der Waals surface area contributed by atoms with Crippen molar-refractivity contribution in [2.24, 2.45) is 5.92 Å². The van der Waals surface area contributed by atoms with Crippen molar-refractivity contribution >= 4 is 17.9 Å². The molecule has 0 aromatic carbocycles. The van der Waals surface area contributed by atoms with Crippen LogP contribution in [0.1, 0.15) is 12.8 Å². The normalized spacial score (nSPS) is 14.8. The number of imide groups is 1. The number of hydrogen-bond donors (Lipinski definition) is 2. The third-order valence-electron chi connectivity index (χ3n) is 2.18. The van der Waals surface area contributed by atoms with Gasteiger partial charge in [-0.1, -0.05) is 0 Å². The van der Waals surface area contributed by atoms with Crippen LogP contribution in [-0.2, 0) is 9.59 Å². The molecule has 2 N–H and O–H groups in total. The Hall–Kier alpha value is -1.85. The van der Waals surface area contributed by atoms with Gasteiger partial charge in [0.25, 0.3) is 5.91 Å². The highest BCUT2D eigenvalue weighted by molar-refractivity contribution is 6.02. The van der Waals surface area contributed by atoms with Crippen LogP contribution in [0.5, 0.6) is 0 Å². The Morgan fingerprint density at radius 2 is 2.00 bits per heavy atom. The molecule has 3 amide bonds. The Morgan fingerprint density at radius 3 is 2.50 bits per heavy atom. The molecule has 0 saturated heterocycles. The molecule has 0 aliphatic heterocycles. The van der Waals surface area contributed by atoms with Gasteiger partial charge in [-0.2, -0.15) is 0 Å². The molecule has 0 radical (unpaired) electrons. The Labute approximate surface area is 92.9 Å². The van der Waals surface area contributed by atoms with Crippen molar-refractivity contribution in [2.75, 3.05) is 13.6 Å². The minimum Gasteiger partial charge on any atom is -0.478 e. The van der Waals surface area contributed by atoms with Gasteiger partial charge in [-0.3, -0.25) is 10.1 Å². The zero-order valence-electron chi connectivity index (χ0n) is 8.97. The van der Waals surface area contributed by atoms with Crippen LogP contribution in [0, 0.1) is 5.92 Å². The van der Waals surface area contributed by atoms with E-state index in [9.17, 15) is 14.4 Å². The standard InChI is InChI=1S/C10H14N2O4/c1-12(6-7-2-3-7)10(16)11-8(13)4-5-9(14)15/h4-5,7H,2-3,6H2,1H3,(H,14,15)(H,11,13,16)/b5-4+. The van der Waals surface area contributed by atoms with Crippen molar-refractivity contribution in [3.05, 3.63) is 12.2 Å². The zero-order chi connectivity index (χ0) is 12.1. The van der Waals surface area contributed by atoms with Crippen LogP contribution < -0.4 is 5.32 Å². The predicted molar refractivity (Wildman–Crippen MR) is 55.7 cm³/mol. The molecular formula is C10H14N2O4. The molecule has 0 bridgehead atoms. The molecule has 0 aromatic heterocycles. The summed E-state index contributed by atoms with van der Waals surface area (Å²) in [6.45, 7) is 0.627. The Morgan fingerprint density at radius 1 is 1.38 bits per heavy atom. The van der Waals surface area contributed by atoms with Gasteiger partial charge >= 0.3 is 12.0 Å². The summed E-state index contributed by atoms with van der Waals surface area (Å²) < 4.78 is 0. The van der Waals surface area contributed by atoms with E-state index in [1.54, 1.807) is 7.05 Å². The number of nitrogens with zero attached hydrogens (tertiary/aromatic N) is 1. The molecule has 0 unspecified atom stereocenters. The molecule has 1 aliphatic rings. The third kappa shape index (κ3) is 4.59. The average Bonchev–Trinajstić information content (AvgIpc) is 2.98. The van der Waals surface area contributed by atoms with Crippen LogP contribution in [0.3, 0.4) is 0 Å². The number of carbonyl (C=O) groups excluding carboxylic acids is 2. The summed E-state index contributed by atoms with van der Waals surface area (Å²) in [4.78, 5) is 34.0. The Bertz CT molecular complexity index is 334. The summed E-state index contributed by atoms with van der Waals surface area (Å²) in [6.07, 6.45) is 3.73. The highest BCUT2D eigenvalue weighted by Crippen LogP contribution is 2.29. The Balaban J connectivity index is 2.31. The van der Waals surface area contributed by atoms with Crippen molar-refractivity contribution in [1.29, 1.82) is 0 Å². The van der Waals surface area contributed by atoms with E-state index in [0.717, 1.165) is 18.9 Å². The van der Waals surface area contributed by atoms with Gasteiger partial charge in [-0.15, -0.1) is 0 Å². The maximum atomic E-state index is 11.4. The second-order valence-electron chi connectivity index (χ2n) is 3.79. The molecule has 88 valence electrons. The number of amides is 3. The van der Waals surface area contributed by atoms with Crippen molar-refractivity contribution in [1.82, 2.24) is 10.2 Å². The van der Waals surface area contributed by atoms with Crippen LogP contribution in [0.2, 0.25) is 0 Å². The van der Waals surface area contributed by atoms with E-state index < -0.39 is 17.9 Å². The molecule has 0 spiro atoms. The van der Waals surface area contributed by atoms with Crippen molar-refractivity contribution in [3.8, 4) is 0 Å². The quantitative estimate of drug-likeness (QED) is 0.671. The van der Waals surface area contributed by atoms with E-state index >= 15 is 0 Å². The SMILES string of the molecule is CN(CC1CC1)C(=O)NC(=O)/C=C/C(=O)O. The van der Waals surface area contributed by atoms with Gasteiger partial charge < -0.3 is 10.0 Å². The molecule has 1 fully saturated rings. The van der Waals surface area contributed by atoms with Crippen molar-refractivity contribution < 1.29 is 19.5 Å². The van der Waals surface area contributed by atoms with Crippen LogP contribution in [0.4, 0.5) is 4.79 Å². The minimum absolute atomic E-state index is 0.507. The molecule has 0 aromatic rings. The molecule has 0 atom stereocenters. The number of rotatable bonds is 4. The van der Waals surface area contributed by atoms with Gasteiger partial charge in [-0.05, 0) is 18.8 Å². The summed E-state index contributed by atoms with van der Waals surface area (Å²) in [5.74, 6) is -1.41. The first-order valence-electron chi connectivity index (χ1n) is 4.96. The van der Waals surface area contributed by atoms with Gasteiger partial charge in [0.05, 0.1) is 0 Å². The third-order valence-corrected chi connectivity index (χ3v) is 2.18. The van der Waals surface area contributed by atoms with Gasteiger partial charge in [-0.25, -0.2) is 9.59 Å². The van der Waals surface area contributed by atoms with E-state index in [2.05, 4.69) is 5.32 Å². The summed E-state index contributed by atoms with van der Waals surface area (Å²) in [7, 11) is 1.60. The van der Waals surface area contributed by atoms with Crippen LogP contribution in [0.25, 0.3) is 0 Å². The van der Waals surface area contributed by atoms with Gasteiger partial charge in [0.1, 0.15) is 0 Å². The first-order chi connectivity index (χ1) is 7.49. The average molecular weight is 226 g/mol. The minimum atomic E-state index is -1.23. The zero-order valence-corrected chi connectivity index (χ0v) is 8.97. The van der Waals surface area contributed by atoms with Gasteiger partial charge in [0.15, 0.2) is 0 Å². The number of nitrogens with one attached hydrogen (secondary N) is 1. The van der Waals surface area contributed by atoms with Gasteiger partial charge in [0.2, 0.25) is 0 Å². The molecule has 6 heteroatoms. The number of hydrogen-bond acceptors (Lipinski definition) is 3. The van der Waals surface area contributed by atoms with Crippen molar-refractivity contribution in [3.63, 3.8) is 0 Å². The lowest BCUT2D eigenvalue weighted by Gasteiger charge is -2.15. The highest BCUT2D eigenvalue weighted by atomic mass is 16.4. The number of carboxylic acid groups (broad SMARTS) is 1. The van der Waals surface area contributed by atoms with Crippen LogP contribution >= 0.6 is 0 Å². The largest absolute Gasteiger partial charge is 0.478 e. The number of urea groups is 1. The van der Waals surface area contributed by atoms with E-state index in [1.165, 1.54) is 4.90 Å². The predicted octanol–water partition coefficient (Wildman–Crippen LogP) is 0.205. The van der Waals surface area contributed by atoms with E-state index in [4.69, 9.17) is 5.11 Å². The monoisotopic (exact) mass is 226 g/mol. The van der Waals surface area contributed by atoms with E-state index in [-0.39, 0.29) is 0 Å². The second kappa shape index (κ2) is 5.29. The van der Waals surface area contributed by atoms with Gasteiger partial charge in [0, 0.05) is 25.7 Å². The molecule has 1 aliphatic carbocycles. The maximum Gasteiger partial charge on any atom is 0.328 e. The lowest BCUT2D eigenvalue weighted by atomic mass is 10.4. The maximum absolute atomic E-state index is 11.4. The molecule has 6 nitrogen and oxygen atoms in total. The number of carboxylic acids is 1. The number of carbonyl (C=O) groups is 3. The molecule has 0 heterocycles. The molecule has 1 saturated carbocycles. The first-order valence-corrected chi connectivity index (χ1v) is 4.96. The fraction of sp³-hybridized carbons (Fsp3) is 0.500. The Kier molecular flexibility index (Phi) is 4.04. The lowest BCUT2D eigenvalue weighted by Crippen LogP contribution is -2.40. The topological polar surface area (TPSA) is 86.7 Å². The first kappa shape index (κ1) is 12.2.